The average molecular weight is 385 g/mol. The number of hydrogen-bond acceptors (Lipinski definition) is 5. The standard InChI is InChI=1S/C20H27N5O3/c26-19-5-4-16(14-25(19)8-7-23-9-11-28-12-10-23)20(27)21-13-17-15-24-6-2-1-3-18(24)22-17/h1-3,6,15-16H,4-5,7-14H2,(H,21,27)/t16-/m1/s1. The Morgan fingerprint density at radius 2 is 2.11 bits per heavy atom. The molecule has 150 valence electrons. The van der Waals surface area contributed by atoms with Crippen molar-refractivity contribution in [1.29, 1.82) is 0 Å². The molecule has 1 atom stereocenters. The summed E-state index contributed by atoms with van der Waals surface area (Å²) in [6, 6.07) is 5.82. The summed E-state index contributed by atoms with van der Waals surface area (Å²) < 4.78 is 7.30. The van der Waals surface area contributed by atoms with Crippen LogP contribution in [-0.4, -0.2) is 76.9 Å². The van der Waals surface area contributed by atoms with E-state index in [4.69, 9.17) is 4.74 Å². The Labute approximate surface area is 164 Å². The average Bonchev–Trinajstić information content (AvgIpc) is 3.15. The number of fused-ring (bicyclic) bond motifs is 1. The first-order chi connectivity index (χ1) is 13.7. The van der Waals surface area contributed by atoms with Gasteiger partial charge in [0.1, 0.15) is 5.65 Å². The van der Waals surface area contributed by atoms with Crippen LogP contribution >= 0.6 is 0 Å². The first-order valence-corrected chi connectivity index (χ1v) is 9.97. The first kappa shape index (κ1) is 18.9. The molecule has 2 saturated heterocycles. The van der Waals surface area contributed by atoms with Crippen LogP contribution in [0.1, 0.15) is 18.5 Å². The molecule has 28 heavy (non-hydrogen) atoms. The smallest absolute Gasteiger partial charge is 0.225 e. The number of aromatic nitrogens is 2. The van der Waals surface area contributed by atoms with Crippen molar-refractivity contribution in [3.8, 4) is 0 Å². The summed E-state index contributed by atoms with van der Waals surface area (Å²) in [5.41, 5.74) is 1.69. The van der Waals surface area contributed by atoms with E-state index in [2.05, 4.69) is 15.2 Å². The molecule has 0 aliphatic carbocycles. The predicted octanol–water partition coefficient (Wildman–Crippen LogP) is 0.521. The third kappa shape index (κ3) is 4.51. The maximum Gasteiger partial charge on any atom is 0.225 e. The summed E-state index contributed by atoms with van der Waals surface area (Å²) in [4.78, 5) is 33.5. The van der Waals surface area contributed by atoms with Gasteiger partial charge in [-0.3, -0.25) is 14.5 Å². The monoisotopic (exact) mass is 385 g/mol. The van der Waals surface area contributed by atoms with E-state index in [0.29, 0.717) is 32.5 Å². The summed E-state index contributed by atoms with van der Waals surface area (Å²) in [7, 11) is 0. The normalized spacial score (nSPS) is 21.2. The van der Waals surface area contributed by atoms with Crippen molar-refractivity contribution in [2.75, 3.05) is 45.9 Å². The molecular weight excluding hydrogens is 358 g/mol. The summed E-state index contributed by atoms with van der Waals surface area (Å²) in [6.07, 6.45) is 4.92. The van der Waals surface area contributed by atoms with Gasteiger partial charge in [-0.1, -0.05) is 6.07 Å². The molecule has 2 aromatic heterocycles. The third-order valence-electron chi connectivity index (χ3n) is 5.52. The van der Waals surface area contributed by atoms with Crippen molar-refractivity contribution in [3.63, 3.8) is 0 Å². The molecule has 1 N–H and O–H groups in total. The fourth-order valence-electron chi connectivity index (χ4n) is 3.83. The molecule has 0 unspecified atom stereocenters. The number of nitrogens with one attached hydrogen (secondary N) is 1. The summed E-state index contributed by atoms with van der Waals surface area (Å²) in [5.74, 6) is -0.00184. The van der Waals surface area contributed by atoms with Crippen molar-refractivity contribution in [2.45, 2.75) is 19.4 Å². The quantitative estimate of drug-likeness (QED) is 0.784. The van der Waals surface area contributed by atoms with Crippen LogP contribution in [0, 0.1) is 5.92 Å². The Balaban J connectivity index is 1.27. The van der Waals surface area contributed by atoms with Gasteiger partial charge < -0.3 is 19.4 Å². The Bertz CT molecular complexity index is 797. The number of piperidine rings is 1. The zero-order valence-electron chi connectivity index (χ0n) is 16.0. The highest BCUT2D eigenvalue weighted by Crippen LogP contribution is 2.18. The number of carbonyl (C=O) groups excluding carboxylic acids is 2. The number of rotatable bonds is 6. The molecule has 0 aromatic carbocycles. The predicted molar refractivity (Wildman–Crippen MR) is 104 cm³/mol. The van der Waals surface area contributed by atoms with Crippen molar-refractivity contribution in [2.24, 2.45) is 5.92 Å². The van der Waals surface area contributed by atoms with Crippen molar-refractivity contribution in [3.05, 3.63) is 36.3 Å². The van der Waals surface area contributed by atoms with Crippen LogP contribution in [0.25, 0.3) is 5.65 Å². The Kier molecular flexibility index (Phi) is 5.87. The largest absolute Gasteiger partial charge is 0.379 e. The van der Waals surface area contributed by atoms with Gasteiger partial charge >= 0.3 is 0 Å². The van der Waals surface area contributed by atoms with E-state index in [1.807, 2.05) is 39.9 Å². The Morgan fingerprint density at radius 1 is 1.25 bits per heavy atom. The van der Waals surface area contributed by atoms with Crippen LogP contribution < -0.4 is 5.32 Å². The van der Waals surface area contributed by atoms with Gasteiger partial charge in [0.2, 0.25) is 11.8 Å². The molecule has 4 rings (SSSR count). The third-order valence-corrected chi connectivity index (χ3v) is 5.52. The van der Waals surface area contributed by atoms with E-state index in [-0.39, 0.29) is 17.7 Å². The van der Waals surface area contributed by atoms with Crippen LogP contribution in [0.4, 0.5) is 0 Å². The highest BCUT2D eigenvalue weighted by Gasteiger charge is 2.30. The van der Waals surface area contributed by atoms with Gasteiger partial charge in [0, 0.05) is 51.5 Å². The Hall–Kier alpha value is -2.45. The van der Waals surface area contributed by atoms with Gasteiger partial charge in [0.05, 0.1) is 31.4 Å². The Morgan fingerprint density at radius 3 is 2.93 bits per heavy atom. The zero-order chi connectivity index (χ0) is 19.3. The summed E-state index contributed by atoms with van der Waals surface area (Å²) in [5, 5.41) is 2.99. The number of nitrogens with zero attached hydrogens (tertiary/aromatic N) is 4. The first-order valence-electron chi connectivity index (χ1n) is 9.97. The topological polar surface area (TPSA) is 79.2 Å². The molecule has 2 aliphatic rings. The number of carbonyl (C=O) groups is 2. The van der Waals surface area contributed by atoms with Gasteiger partial charge in [-0.05, 0) is 18.6 Å². The van der Waals surface area contributed by atoms with E-state index < -0.39 is 0 Å². The second kappa shape index (κ2) is 8.70. The SMILES string of the molecule is O=C(NCc1cn2ccccc2n1)[C@@H]1CCC(=O)N(CCN2CCOCC2)C1. The van der Waals surface area contributed by atoms with Crippen LogP contribution in [-0.2, 0) is 20.9 Å². The minimum atomic E-state index is -0.153. The molecule has 0 saturated carbocycles. The highest BCUT2D eigenvalue weighted by molar-refractivity contribution is 5.83. The van der Waals surface area contributed by atoms with Gasteiger partial charge in [-0.2, -0.15) is 0 Å². The van der Waals surface area contributed by atoms with Crippen molar-refractivity contribution >= 4 is 17.5 Å². The number of likely N-dealkylation sites (tertiary alicyclic amines) is 1. The highest BCUT2D eigenvalue weighted by atomic mass is 16.5. The molecule has 2 fully saturated rings. The molecule has 4 heterocycles. The van der Waals surface area contributed by atoms with Crippen LogP contribution in [0.3, 0.4) is 0 Å². The van der Waals surface area contributed by atoms with Gasteiger partial charge in [-0.25, -0.2) is 4.98 Å². The minimum Gasteiger partial charge on any atom is -0.379 e. The number of morpholine rings is 1. The fraction of sp³-hybridized carbons (Fsp3) is 0.550. The molecule has 2 aromatic rings. The fourth-order valence-corrected chi connectivity index (χ4v) is 3.83. The zero-order valence-corrected chi connectivity index (χ0v) is 16.0. The number of imidazole rings is 1. The molecule has 0 radical (unpaired) electrons. The number of hydrogen-bond donors (Lipinski definition) is 1. The van der Waals surface area contributed by atoms with Crippen molar-refractivity contribution in [1.82, 2.24) is 24.5 Å². The summed E-state index contributed by atoms with van der Waals surface area (Å²) in [6.45, 7) is 5.73. The van der Waals surface area contributed by atoms with Gasteiger partial charge in [-0.15, -0.1) is 0 Å². The number of ether oxygens (including phenoxy) is 1. The van der Waals surface area contributed by atoms with Gasteiger partial charge in [0.15, 0.2) is 0 Å². The molecule has 2 aliphatic heterocycles. The van der Waals surface area contributed by atoms with E-state index in [1.165, 1.54) is 0 Å². The van der Waals surface area contributed by atoms with E-state index in [9.17, 15) is 9.59 Å². The number of pyridine rings is 1. The second-order valence-corrected chi connectivity index (χ2v) is 7.45. The lowest BCUT2D eigenvalue weighted by molar-refractivity contribution is -0.138. The molecule has 8 heteroatoms. The van der Waals surface area contributed by atoms with Crippen LogP contribution in [0.5, 0.6) is 0 Å². The lowest BCUT2D eigenvalue weighted by Crippen LogP contribution is -2.49. The van der Waals surface area contributed by atoms with E-state index in [0.717, 1.165) is 44.2 Å². The minimum absolute atomic E-state index is 0.000860. The lowest BCUT2D eigenvalue weighted by Gasteiger charge is -2.34. The molecular formula is C20H27N5O3. The molecule has 2 amide bonds. The second-order valence-electron chi connectivity index (χ2n) is 7.45. The summed E-state index contributed by atoms with van der Waals surface area (Å²) >= 11 is 0. The van der Waals surface area contributed by atoms with Crippen molar-refractivity contribution < 1.29 is 14.3 Å². The van der Waals surface area contributed by atoms with Crippen LogP contribution in [0.15, 0.2) is 30.6 Å². The van der Waals surface area contributed by atoms with E-state index in [1.54, 1.807) is 0 Å². The maximum atomic E-state index is 12.6. The number of amides is 2. The molecule has 0 spiro atoms. The maximum absolute atomic E-state index is 12.6. The van der Waals surface area contributed by atoms with Gasteiger partial charge in [0.25, 0.3) is 0 Å². The molecule has 8 nitrogen and oxygen atoms in total. The van der Waals surface area contributed by atoms with Crippen LogP contribution in [0.2, 0.25) is 0 Å². The lowest BCUT2D eigenvalue weighted by atomic mass is 9.96. The molecule has 0 bridgehead atoms. The van der Waals surface area contributed by atoms with E-state index >= 15 is 0 Å².